The molecule has 9 heteroatoms. The molecule has 4 rings (SSSR count). The van der Waals surface area contributed by atoms with Crippen LogP contribution in [0.2, 0.25) is 5.02 Å². The fourth-order valence-electron chi connectivity index (χ4n) is 3.37. The van der Waals surface area contributed by atoms with Gasteiger partial charge < -0.3 is 14.8 Å². The van der Waals surface area contributed by atoms with Gasteiger partial charge in [-0.3, -0.25) is 9.48 Å². The van der Waals surface area contributed by atoms with Crippen LogP contribution in [0.1, 0.15) is 31.8 Å². The normalized spacial score (nSPS) is 10.6. The quantitative estimate of drug-likeness (QED) is 0.272. The lowest BCUT2D eigenvalue weighted by atomic mass is 10.1. The lowest BCUT2D eigenvalue weighted by molar-refractivity contribution is 0.0599. The Hall–Kier alpha value is -3.62. The van der Waals surface area contributed by atoms with E-state index in [4.69, 9.17) is 21.1 Å². The van der Waals surface area contributed by atoms with Crippen LogP contribution in [0.15, 0.2) is 83.6 Å². The Bertz CT molecular complexity index is 1350. The Morgan fingerprint density at radius 2 is 1.86 bits per heavy atom. The zero-order valence-corrected chi connectivity index (χ0v) is 21.0. The SMILES string of the molecule is COC(=O)c1ccccc1Cn1cc(NC(=O)c2ccc(COc3ccc(Br)cc3Cl)cc2)cn1. The van der Waals surface area contributed by atoms with Crippen molar-refractivity contribution in [1.29, 1.82) is 0 Å². The van der Waals surface area contributed by atoms with Crippen LogP contribution in [0.3, 0.4) is 0 Å². The van der Waals surface area contributed by atoms with Gasteiger partial charge in [0.25, 0.3) is 5.91 Å². The van der Waals surface area contributed by atoms with Crippen LogP contribution in [-0.4, -0.2) is 28.8 Å². The summed E-state index contributed by atoms with van der Waals surface area (Å²) in [4.78, 5) is 24.6. The first kappa shape index (κ1) is 24.5. The molecule has 35 heavy (non-hydrogen) atoms. The van der Waals surface area contributed by atoms with E-state index in [1.165, 1.54) is 7.11 Å². The second-order valence-corrected chi connectivity index (χ2v) is 8.91. The molecule has 1 N–H and O–H groups in total. The number of halogens is 2. The van der Waals surface area contributed by atoms with E-state index in [0.29, 0.717) is 40.7 Å². The molecule has 0 unspecified atom stereocenters. The number of hydrogen-bond acceptors (Lipinski definition) is 5. The van der Waals surface area contributed by atoms with E-state index in [9.17, 15) is 9.59 Å². The topological polar surface area (TPSA) is 82.5 Å². The lowest BCUT2D eigenvalue weighted by Crippen LogP contribution is -2.12. The first-order valence-corrected chi connectivity index (χ1v) is 11.8. The molecule has 178 valence electrons. The molecule has 7 nitrogen and oxygen atoms in total. The van der Waals surface area contributed by atoms with Gasteiger partial charge in [-0.05, 0) is 47.5 Å². The van der Waals surface area contributed by atoms with E-state index >= 15 is 0 Å². The van der Waals surface area contributed by atoms with Gasteiger partial charge in [-0.1, -0.05) is 57.9 Å². The summed E-state index contributed by atoms with van der Waals surface area (Å²) in [5.41, 5.74) is 3.18. The van der Waals surface area contributed by atoms with E-state index in [1.807, 2.05) is 30.3 Å². The molecule has 1 amide bonds. The van der Waals surface area contributed by atoms with Crippen molar-refractivity contribution in [3.8, 4) is 5.75 Å². The number of anilines is 1. The third-order valence-electron chi connectivity index (χ3n) is 5.15. The van der Waals surface area contributed by atoms with Crippen molar-refractivity contribution in [2.75, 3.05) is 12.4 Å². The number of nitrogens with one attached hydrogen (secondary N) is 1. The highest BCUT2D eigenvalue weighted by molar-refractivity contribution is 9.10. The molecule has 3 aromatic carbocycles. The van der Waals surface area contributed by atoms with Crippen LogP contribution < -0.4 is 10.1 Å². The highest BCUT2D eigenvalue weighted by Crippen LogP contribution is 2.28. The van der Waals surface area contributed by atoms with Gasteiger partial charge in [-0.15, -0.1) is 0 Å². The third-order valence-corrected chi connectivity index (χ3v) is 5.94. The van der Waals surface area contributed by atoms with Crippen molar-refractivity contribution >= 4 is 45.1 Å². The monoisotopic (exact) mass is 553 g/mol. The van der Waals surface area contributed by atoms with Gasteiger partial charge >= 0.3 is 5.97 Å². The standard InChI is InChI=1S/C26H21BrClN3O4/c1-34-26(33)22-5-3-2-4-19(22)14-31-15-21(13-29-31)30-25(32)18-8-6-17(7-9-18)16-35-24-11-10-20(27)12-23(24)28/h2-13,15H,14,16H2,1H3,(H,30,32). The molecule has 0 atom stereocenters. The maximum absolute atomic E-state index is 12.7. The largest absolute Gasteiger partial charge is 0.487 e. The smallest absolute Gasteiger partial charge is 0.338 e. The molecule has 0 bridgehead atoms. The second kappa shape index (κ2) is 11.2. The summed E-state index contributed by atoms with van der Waals surface area (Å²) in [6, 6.07) is 19.7. The number of nitrogens with zero attached hydrogens (tertiary/aromatic N) is 2. The van der Waals surface area contributed by atoms with Gasteiger partial charge in [-0.25, -0.2) is 4.79 Å². The van der Waals surface area contributed by atoms with Crippen LogP contribution in [0.5, 0.6) is 5.75 Å². The molecular weight excluding hydrogens is 534 g/mol. The summed E-state index contributed by atoms with van der Waals surface area (Å²) in [6.07, 6.45) is 3.26. The third kappa shape index (κ3) is 6.29. The highest BCUT2D eigenvalue weighted by Gasteiger charge is 2.13. The predicted octanol–water partition coefficient (Wildman–Crippen LogP) is 5.97. The fourth-order valence-corrected chi connectivity index (χ4v) is 4.09. The number of carbonyl (C=O) groups excluding carboxylic acids is 2. The number of carbonyl (C=O) groups is 2. The van der Waals surface area contributed by atoms with Crippen LogP contribution in [0.4, 0.5) is 5.69 Å². The summed E-state index contributed by atoms with van der Waals surface area (Å²) in [5, 5.41) is 7.64. The Balaban J connectivity index is 1.35. The number of rotatable bonds is 8. The minimum atomic E-state index is -0.407. The van der Waals surface area contributed by atoms with Crippen LogP contribution in [0, 0.1) is 0 Å². The molecule has 0 saturated heterocycles. The van der Waals surface area contributed by atoms with Crippen molar-refractivity contribution in [2.24, 2.45) is 0 Å². The maximum atomic E-state index is 12.7. The summed E-state index contributed by atoms with van der Waals surface area (Å²) in [6.45, 7) is 0.682. The molecule has 0 saturated carbocycles. The molecule has 1 aromatic heterocycles. The van der Waals surface area contributed by atoms with Crippen molar-refractivity contribution in [1.82, 2.24) is 9.78 Å². The number of aromatic nitrogens is 2. The number of esters is 1. The minimum absolute atomic E-state index is 0.261. The molecule has 0 radical (unpaired) electrons. The molecule has 0 spiro atoms. The number of ether oxygens (including phenoxy) is 2. The summed E-state index contributed by atoms with van der Waals surface area (Å²) >= 11 is 9.54. The van der Waals surface area contributed by atoms with Gasteiger partial charge in [0.05, 0.1) is 36.1 Å². The number of benzene rings is 3. The number of hydrogen-bond donors (Lipinski definition) is 1. The Labute approximate surface area is 215 Å². The maximum Gasteiger partial charge on any atom is 0.338 e. The zero-order valence-electron chi connectivity index (χ0n) is 18.7. The van der Waals surface area contributed by atoms with Crippen molar-refractivity contribution in [2.45, 2.75) is 13.2 Å². The number of methoxy groups -OCH3 is 1. The molecule has 0 aliphatic carbocycles. The van der Waals surface area contributed by atoms with Gasteiger partial charge in [0, 0.05) is 16.2 Å². The van der Waals surface area contributed by atoms with Crippen molar-refractivity contribution < 1.29 is 19.1 Å². The predicted molar refractivity (Wildman–Crippen MR) is 137 cm³/mol. The average molecular weight is 555 g/mol. The molecule has 0 aliphatic rings. The van der Waals surface area contributed by atoms with E-state index in [-0.39, 0.29) is 5.91 Å². The molecule has 4 aromatic rings. The van der Waals surface area contributed by atoms with Crippen molar-refractivity contribution in [3.63, 3.8) is 0 Å². The van der Waals surface area contributed by atoms with E-state index in [0.717, 1.165) is 15.6 Å². The van der Waals surface area contributed by atoms with Gasteiger partial charge in [-0.2, -0.15) is 5.10 Å². The van der Waals surface area contributed by atoms with Crippen LogP contribution in [0.25, 0.3) is 0 Å². The van der Waals surface area contributed by atoms with Gasteiger partial charge in [0.2, 0.25) is 0 Å². The number of amides is 1. The van der Waals surface area contributed by atoms with Gasteiger partial charge in [0.15, 0.2) is 0 Å². The average Bonchev–Trinajstić information content (AvgIpc) is 3.30. The van der Waals surface area contributed by atoms with Gasteiger partial charge in [0.1, 0.15) is 12.4 Å². The van der Waals surface area contributed by atoms with Crippen molar-refractivity contribution in [3.05, 3.63) is 111 Å². The summed E-state index contributed by atoms with van der Waals surface area (Å²) < 4.78 is 13.1. The second-order valence-electron chi connectivity index (χ2n) is 7.59. The molecular formula is C26H21BrClN3O4. The zero-order chi connectivity index (χ0) is 24.8. The first-order valence-electron chi connectivity index (χ1n) is 10.6. The molecule has 0 aliphatic heterocycles. The minimum Gasteiger partial charge on any atom is -0.487 e. The Kier molecular flexibility index (Phi) is 7.84. The van der Waals surface area contributed by atoms with Crippen LogP contribution >= 0.6 is 27.5 Å². The van der Waals surface area contributed by atoms with Crippen LogP contribution in [-0.2, 0) is 17.9 Å². The Morgan fingerprint density at radius 1 is 1.09 bits per heavy atom. The summed E-state index contributed by atoms with van der Waals surface area (Å²) in [5.74, 6) is -0.0825. The van der Waals surface area contributed by atoms with E-state index < -0.39 is 5.97 Å². The first-order chi connectivity index (χ1) is 16.9. The fraction of sp³-hybridized carbons (Fsp3) is 0.115. The molecule has 0 fully saturated rings. The highest BCUT2D eigenvalue weighted by atomic mass is 79.9. The van der Waals surface area contributed by atoms with E-state index in [2.05, 4.69) is 26.3 Å². The Morgan fingerprint density at radius 3 is 2.60 bits per heavy atom. The van der Waals surface area contributed by atoms with E-state index in [1.54, 1.807) is 53.5 Å². The molecule has 1 heterocycles. The summed E-state index contributed by atoms with van der Waals surface area (Å²) in [7, 11) is 1.35. The lowest BCUT2D eigenvalue weighted by Gasteiger charge is -2.09.